The molecular formula is C43H48BrFN2O12. The monoisotopic (exact) mass is 882 g/mol. The molecule has 59 heavy (non-hydrogen) atoms. The Morgan fingerprint density at radius 3 is 2.29 bits per heavy atom. The number of nitrogens with one attached hydrogen (secondary N) is 1. The summed E-state index contributed by atoms with van der Waals surface area (Å²) in [4.78, 5) is 58.9. The molecule has 0 fully saturated rings. The number of fused-ring (bicyclic) bond motifs is 14. The number of halogens is 2. The van der Waals surface area contributed by atoms with Gasteiger partial charge in [0.2, 0.25) is 5.78 Å². The smallest absolute Gasteiger partial charge is 0.312 e. The highest BCUT2D eigenvalue weighted by Gasteiger charge is 2.51. The van der Waals surface area contributed by atoms with Gasteiger partial charge in [-0.2, -0.15) is 0 Å². The first-order valence-corrected chi connectivity index (χ1v) is 19.7. The maximum Gasteiger partial charge on any atom is 0.312 e. The van der Waals surface area contributed by atoms with Gasteiger partial charge in [-0.05, 0) is 38.1 Å². The zero-order valence-corrected chi connectivity index (χ0v) is 35.6. The number of hydrogen-bond donors (Lipinski definition) is 5. The molecule has 9 atom stereocenters. The molecular weight excluding hydrogens is 835 g/mol. The Labute approximate surface area is 349 Å². The first kappa shape index (κ1) is 44.9. The summed E-state index contributed by atoms with van der Waals surface area (Å²) in [6.45, 7) is 12.2. The van der Waals surface area contributed by atoms with Crippen LogP contribution in [0.5, 0.6) is 17.2 Å². The number of Topliss-reactive ketones (excluding diaryl/α,β-unsaturated/α-hetero) is 2. The molecule has 6 rings (SSSR count). The number of ketones is 2. The maximum atomic E-state index is 15.4. The number of ether oxygens (including phenoxy) is 4. The van der Waals surface area contributed by atoms with E-state index in [-0.39, 0.29) is 43.9 Å². The molecule has 0 radical (unpaired) electrons. The van der Waals surface area contributed by atoms with Crippen molar-refractivity contribution in [3.8, 4) is 17.2 Å². The first-order valence-electron chi connectivity index (χ1n) is 18.9. The Kier molecular flexibility index (Phi) is 13.4. The zero-order valence-electron chi connectivity index (χ0n) is 34.0. The van der Waals surface area contributed by atoms with Crippen LogP contribution >= 0.6 is 15.9 Å². The fourth-order valence-corrected chi connectivity index (χ4v) is 7.92. The van der Waals surface area contributed by atoms with Crippen LogP contribution in [0.1, 0.15) is 80.3 Å². The van der Waals surface area contributed by atoms with Crippen LogP contribution in [0.15, 0.2) is 69.5 Å². The molecule has 0 saturated heterocycles. The molecule has 0 aromatic heterocycles. The van der Waals surface area contributed by atoms with Gasteiger partial charge >= 0.3 is 11.8 Å². The lowest BCUT2D eigenvalue weighted by Crippen LogP contribution is -2.46. The van der Waals surface area contributed by atoms with Crippen molar-refractivity contribution < 1.29 is 62.9 Å². The SMILES string of the molecule is CO[C@H]1/C=C/O[C@@]2(C)Oc3c(C)c(O)c4c(c3C2=O)/C(=N/c2c(O)cc(Br)cc2F)C=C(NC(=O)/C(C)=C\C=C\[C@H](C)[C@H](O)[C@@H](C)[C@@H](O)[C@@H](C)[C@H](OC(C)=O)[C@@H]1C)C4=O. The highest BCUT2D eigenvalue weighted by atomic mass is 79.9. The van der Waals surface area contributed by atoms with Gasteiger partial charge in [0.25, 0.3) is 11.7 Å². The molecule has 2 aromatic carbocycles. The van der Waals surface area contributed by atoms with E-state index in [4.69, 9.17) is 18.9 Å². The highest BCUT2D eigenvalue weighted by Crippen LogP contribution is 2.48. The van der Waals surface area contributed by atoms with E-state index in [1.165, 1.54) is 59.1 Å². The first-order chi connectivity index (χ1) is 27.6. The van der Waals surface area contributed by atoms with Crippen LogP contribution < -0.4 is 10.1 Å². The second-order valence-corrected chi connectivity index (χ2v) is 16.2. The third-order valence-corrected chi connectivity index (χ3v) is 11.5. The van der Waals surface area contributed by atoms with Crippen LogP contribution in [-0.4, -0.2) is 86.9 Å². The summed E-state index contributed by atoms with van der Waals surface area (Å²) in [5.74, 6) is -10.2. The molecule has 1 aliphatic carbocycles. The van der Waals surface area contributed by atoms with E-state index in [0.29, 0.717) is 0 Å². The van der Waals surface area contributed by atoms with Gasteiger partial charge in [-0.15, -0.1) is 0 Å². The number of allylic oxidation sites excluding steroid dienone is 4. The van der Waals surface area contributed by atoms with Crippen molar-refractivity contribution in [2.75, 3.05) is 7.11 Å². The van der Waals surface area contributed by atoms with Crippen LogP contribution in [0.3, 0.4) is 0 Å². The van der Waals surface area contributed by atoms with E-state index in [0.717, 1.165) is 18.4 Å². The Hall–Kier alpha value is -5.16. The lowest BCUT2D eigenvalue weighted by atomic mass is 9.78. The van der Waals surface area contributed by atoms with Gasteiger partial charge in [0.15, 0.2) is 5.82 Å². The number of aromatic hydroxyl groups is 2. The average molecular weight is 884 g/mol. The molecule has 5 bridgehead atoms. The number of esters is 1. The topological polar surface area (TPSA) is 211 Å². The molecule has 0 unspecified atom stereocenters. The number of hydrogen-bond acceptors (Lipinski definition) is 13. The summed E-state index contributed by atoms with van der Waals surface area (Å²) in [6.07, 6.45) is 4.30. The normalized spacial score (nSPS) is 31.7. The lowest BCUT2D eigenvalue weighted by molar-refractivity contribution is -0.160. The number of nitrogens with zero attached hydrogens (tertiary/aromatic N) is 1. The number of rotatable bonds is 3. The summed E-state index contributed by atoms with van der Waals surface area (Å²) < 4.78 is 39.1. The second kappa shape index (κ2) is 17.6. The Balaban J connectivity index is 1.72. The van der Waals surface area contributed by atoms with Gasteiger partial charge in [-0.1, -0.05) is 61.9 Å². The van der Waals surface area contributed by atoms with Gasteiger partial charge in [0, 0.05) is 65.8 Å². The number of methoxy groups -OCH3 is 1. The molecule has 5 N–H and O–H groups in total. The molecule has 14 nitrogen and oxygen atoms in total. The summed E-state index contributed by atoms with van der Waals surface area (Å²) >= 11 is 3.11. The van der Waals surface area contributed by atoms with Gasteiger partial charge < -0.3 is 44.7 Å². The number of carbonyl (C=O) groups is 4. The van der Waals surface area contributed by atoms with Crippen molar-refractivity contribution in [3.05, 3.63) is 92.6 Å². The lowest BCUT2D eigenvalue weighted by Gasteiger charge is -2.38. The molecule has 3 heterocycles. The quantitative estimate of drug-likeness (QED) is 0.219. The average Bonchev–Trinajstić information content (AvgIpc) is 3.44. The standard InChI is InChI=1S/C43H48BrFN2O12/c1-18-11-10-12-19(2)42(55)47-28-17-27(46-34-26(45)15-25(44)16-29(34)49)31-32(38(28)53)37(52)23(6)40-33(31)41(54)43(8,59-40)57-14-13-30(56-9)20(3)39(58-24(7)48)22(5)36(51)21(4)35(18)50/h10-18,20-22,30,35-36,39,49-52H,1-9H3,(H,47,55)/b11-10+,14-13+,19-12-,46-27+/t18-,20+,21+,22+,30-,35-,36+,39+,43-/m0/s1. The molecule has 1 amide bonds. The summed E-state index contributed by atoms with van der Waals surface area (Å²) in [7, 11) is 1.41. The Morgan fingerprint density at radius 2 is 1.66 bits per heavy atom. The van der Waals surface area contributed by atoms with Crippen molar-refractivity contribution in [3.63, 3.8) is 0 Å². The van der Waals surface area contributed by atoms with Crippen LogP contribution in [0.2, 0.25) is 0 Å². The predicted molar refractivity (Wildman–Crippen MR) is 217 cm³/mol. The van der Waals surface area contributed by atoms with E-state index in [2.05, 4.69) is 26.2 Å². The van der Waals surface area contributed by atoms with Gasteiger partial charge in [0.05, 0.1) is 47.1 Å². The number of aliphatic hydroxyl groups excluding tert-OH is 2. The van der Waals surface area contributed by atoms with Crippen LogP contribution in [0.25, 0.3) is 0 Å². The van der Waals surface area contributed by atoms with Crippen molar-refractivity contribution in [1.82, 2.24) is 5.32 Å². The summed E-state index contributed by atoms with van der Waals surface area (Å²) in [5.41, 5.74) is -2.12. The minimum atomic E-state index is -2.12. The van der Waals surface area contributed by atoms with E-state index in [1.807, 2.05) is 0 Å². The molecule has 316 valence electrons. The molecule has 2 aromatic rings. The maximum absolute atomic E-state index is 15.4. The molecule has 16 heteroatoms. The minimum absolute atomic E-state index is 0.0289. The number of benzene rings is 2. The zero-order chi connectivity index (χ0) is 43.8. The number of carbonyl (C=O) groups excluding carboxylic acids is 4. The number of amides is 1. The van der Waals surface area contributed by atoms with E-state index in [1.54, 1.807) is 33.8 Å². The predicted octanol–water partition coefficient (Wildman–Crippen LogP) is 6.18. The number of aliphatic hydroxyl groups is 2. The number of phenols is 2. The fraction of sp³-hybridized carbons (Fsp3) is 0.419. The Bertz CT molecular complexity index is 2210. The van der Waals surface area contributed by atoms with Crippen molar-refractivity contribution in [1.29, 1.82) is 0 Å². The third-order valence-electron chi connectivity index (χ3n) is 11.1. The van der Waals surface area contributed by atoms with Crippen molar-refractivity contribution in [2.24, 2.45) is 28.7 Å². The fourth-order valence-electron chi connectivity index (χ4n) is 7.51. The second-order valence-electron chi connectivity index (χ2n) is 15.3. The third kappa shape index (κ3) is 8.76. The Morgan fingerprint density at radius 1 is 0.983 bits per heavy atom. The van der Waals surface area contributed by atoms with Crippen LogP contribution in [0.4, 0.5) is 10.1 Å². The van der Waals surface area contributed by atoms with E-state index in [9.17, 15) is 39.6 Å². The molecule has 4 aliphatic rings. The van der Waals surface area contributed by atoms with E-state index < -0.39 is 106 Å². The van der Waals surface area contributed by atoms with Crippen LogP contribution in [-0.2, 0) is 23.8 Å². The van der Waals surface area contributed by atoms with Crippen LogP contribution in [0, 0.1) is 36.4 Å². The molecule has 0 spiro atoms. The minimum Gasteiger partial charge on any atom is -0.507 e. The van der Waals surface area contributed by atoms with E-state index >= 15 is 4.39 Å². The highest BCUT2D eigenvalue weighted by molar-refractivity contribution is 9.10. The summed E-state index contributed by atoms with van der Waals surface area (Å²) in [6, 6.07) is 2.22. The van der Waals surface area contributed by atoms with Gasteiger partial charge in [-0.25, -0.2) is 9.38 Å². The summed E-state index contributed by atoms with van der Waals surface area (Å²) in [5, 5.41) is 47.6. The molecule has 3 aliphatic heterocycles. The van der Waals surface area contributed by atoms with Crippen molar-refractivity contribution >= 4 is 50.8 Å². The number of phenolic OH excluding ortho intramolecular Hbond substituents is 2. The molecule has 0 saturated carbocycles. The number of aliphatic imine (C=N–C) groups is 1. The van der Waals surface area contributed by atoms with Gasteiger partial charge in [0.1, 0.15) is 29.0 Å². The van der Waals surface area contributed by atoms with Gasteiger partial charge in [-0.3, -0.25) is 19.2 Å². The largest absolute Gasteiger partial charge is 0.507 e. The van der Waals surface area contributed by atoms with Crippen molar-refractivity contribution in [2.45, 2.75) is 85.6 Å².